The summed E-state index contributed by atoms with van der Waals surface area (Å²) in [6, 6.07) is 19.0. The van der Waals surface area contributed by atoms with Crippen LogP contribution in [-0.4, -0.2) is 26.2 Å². The molecule has 25 heavy (non-hydrogen) atoms. The zero-order valence-corrected chi connectivity index (χ0v) is 15.1. The third-order valence-corrected chi connectivity index (χ3v) is 7.63. The lowest BCUT2D eigenvalue weighted by molar-refractivity contribution is -0.111. The van der Waals surface area contributed by atoms with Crippen LogP contribution in [0.5, 0.6) is 0 Å². The van der Waals surface area contributed by atoms with Gasteiger partial charge in [-0.3, -0.25) is 4.79 Å². The van der Waals surface area contributed by atoms with Gasteiger partial charge in [-0.25, -0.2) is 0 Å². The highest BCUT2D eigenvalue weighted by Gasteiger charge is 2.53. The van der Waals surface area contributed by atoms with Gasteiger partial charge in [-0.15, -0.1) is 0 Å². The molecule has 0 bridgehead atoms. The van der Waals surface area contributed by atoms with Crippen molar-refractivity contribution in [1.29, 1.82) is 0 Å². The molecule has 0 unspecified atom stereocenters. The first kappa shape index (κ1) is 16.1. The van der Waals surface area contributed by atoms with Crippen LogP contribution in [-0.2, 0) is 19.7 Å². The largest absolute Gasteiger partial charge is 0.500 e. The van der Waals surface area contributed by atoms with E-state index in [0.717, 1.165) is 6.16 Å². The molecule has 1 heterocycles. The Morgan fingerprint density at radius 3 is 2.12 bits per heavy atom. The first-order chi connectivity index (χ1) is 12.2. The number of hydrogen-bond donors (Lipinski definition) is 0. The van der Waals surface area contributed by atoms with Crippen molar-refractivity contribution >= 4 is 24.3 Å². The summed E-state index contributed by atoms with van der Waals surface area (Å²) < 4.78 is 11.4. The smallest absolute Gasteiger partial charge is 0.185 e. The van der Waals surface area contributed by atoms with E-state index in [2.05, 4.69) is 42.5 Å². The van der Waals surface area contributed by atoms with Crippen molar-refractivity contribution in [2.75, 3.05) is 20.4 Å². The number of ether oxygens (including phenoxy) is 2. The summed E-state index contributed by atoms with van der Waals surface area (Å²) in [7, 11) is 2.70. The van der Waals surface area contributed by atoms with E-state index in [1.165, 1.54) is 16.2 Å². The summed E-state index contributed by atoms with van der Waals surface area (Å²) in [4.78, 5) is 12.1. The Balaban J connectivity index is 1.95. The number of fused-ring (bicyclic) bond motifs is 2. The zero-order chi connectivity index (χ0) is 17.4. The first-order valence-corrected chi connectivity index (χ1v) is 9.72. The van der Waals surface area contributed by atoms with E-state index in [0.29, 0.717) is 11.5 Å². The molecule has 1 aliphatic heterocycles. The van der Waals surface area contributed by atoms with Gasteiger partial charge in [0.1, 0.15) is 16.9 Å². The molecule has 0 N–H and O–H groups in total. The normalized spacial score (nSPS) is 20.7. The number of methoxy groups -OCH3 is 2. The Labute approximate surface area is 148 Å². The molecule has 126 valence electrons. The van der Waals surface area contributed by atoms with Crippen molar-refractivity contribution in [3.63, 3.8) is 0 Å². The predicted molar refractivity (Wildman–Crippen MR) is 101 cm³/mol. The number of carbonyl (C=O) groups is 1. The van der Waals surface area contributed by atoms with Gasteiger partial charge in [0.15, 0.2) is 5.78 Å². The molecule has 1 spiro atoms. The van der Waals surface area contributed by atoms with Gasteiger partial charge in [-0.2, -0.15) is 0 Å². The van der Waals surface area contributed by atoms with Crippen LogP contribution in [0.3, 0.4) is 0 Å². The zero-order valence-electron chi connectivity index (χ0n) is 14.2. The molecule has 4 rings (SSSR count). The minimum absolute atomic E-state index is 0.0901. The Morgan fingerprint density at radius 2 is 1.48 bits per heavy atom. The molecule has 3 nitrogen and oxygen atoms in total. The lowest BCUT2D eigenvalue weighted by Gasteiger charge is -2.35. The fourth-order valence-corrected chi connectivity index (χ4v) is 6.81. The summed E-state index contributed by atoms with van der Waals surface area (Å²) in [5, 5.41) is 2.65. The van der Waals surface area contributed by atoms with Crippen LogP contribution in [0.4, 0.5) is 0 Å². The molecule has 0 saturated heterocycles. The monoisotopic (exact) mass is 350 g/mol. The van der Waals surface area contributed by atoms with Gasteiger partial charge in [-0.1, -0.05) is 54.6 Å². The molecule has 2 aromatic carbocycles. The van der Waals surface area contributed by atoms with Gasteiger partial charge < -0.3 is 9.47 Å². The van der Waals surface area contributed by atoms with Crippen molar-refractivity contribution in [3.8, 4) is 0 Å². The summed E-state index contributed by atoms with van der Waals surface area (Å²) in [5.74, 6) is 1.25. The number of ketones is 1. The average molecular weight is 350 g/mol. The van der Waals surface area contributed by atoms with Gasteiger partial charge in [0.25, 0.3) is 0 Å². The van der Waals surface area contributed by atoms with E-state index in [1.54, 1.807) is 26.4 Å². The summed E-state index contributed by atoms with van der Waals surface area (Å²) >= 11 is 0. The number of allylic oxidation sites excluding steroid dienone is 2. The minimum atomic E-state index is -0.559. The van der Waals surface area contributed by atoms with Crippen LogP contribution in [0.25, 0.3) is 0 Å². The van der Waals surface area contributed by atoms with Gasteiger partial charge >= 0.3 is 0 Å². The maximum absolute atomic E-state index is 12.1. The van der Waals surface area contributed by atoms with Crippen molar-refractivity contribution in [1.82, 2.24) is 0 Å². The van der Waals surface area contributed by atoms with E-state index in [4.69, 9.17) is 9.47 Å². The second kappa shape index (κ2) is 6.16. The highest BCUT2D eigenvalue weighted by atomic mass is 31.1. The highest BCUT2D eigenvalue weighted by molar-refractivity contribution is 7.73. The Kier molecular flexibility index (Phi) is 3.97. The molecule has 0 radical (unpaired) electrons. The highest BCUT2D eigenvalue weighted by Crippen LogP contribution is 2.57. The Hall–Kier alpha value is -2.38. The van der Waals surface area contributed by atoms with Crippen molar-refractivity contribution in [2.45, 2.75) is 5.41 Å². The van der Waals surface area contributed by atoms with Gasteiger partial charge in [0, 0.05) is 12.2 Å². The van der Waals surface area contributed by atoms with Gasteiger partial charge in [-0.05, 0) is 30.3 Å². The second-order valence-corrected chi connectivity index (χ2v) is 8.34. The lowest BCUT2D eigenvalue weighted by atomic mass is 9.75. The summed E-state index contributed by atoms with van der Waals surface area (Å²) in [6.45, 7) is 0. The van der Waals surface area contributed by atoms with E-state index in [9.17, 15) is 4.79 Å². The fourth-order valence-electron chi connectivity index (χ4n) is 3.87. The van der Waals surface area contributed by atoms with Crippen LogP contribution < -0.4 is 10.6 Å². The molecule has 1 aliphatic carbocycles. The molecule has 0 fully saturated rings. The SMILES string of the molecule is COC1=CC(=O)C=C(OC)C12C[P@@](c1ccccc1)c1ccccc12. The first-order valence-electron chi connectivity index (χ1n) is 8.19. The average Bonchev–Trinajstić information content (AvgIpc) is 3.00. The lowest BCUT2D eigenvalue weighted by Crippen LogP contribution is -2.37. The van der Waals surface area contributed by atoms with Crippen LogP contribution in [0.15, 0.2) is 78.3 Å². The molecule has 0 aromatic heterocycles. The van der Waals surface area contributed by atoms with Crippen LogP contribution in [0.2, 0.25) is 0 Å². The van der Waals surface area contributed by atoms with E-state index in [1.807, 2.05) is 12.1 Å². The van der Waals surface area contributed by atoms with E-state index >= 15 is 0 Å². The number of hydrogen-bond acceptors (Lipinski definition) is 3. The molecule has 2 aromatic rings. The maximum Gasteiger partial charge on any atom is 0.185 e. The third kappa shape index (κ3) is 2.34. The van der Waals surface area contributed by atoms with Crippen LogP contribution >= 0.6 is 7.92 Å². The fraction of sp³-hybridized carbons (Fsp3) is 0.190. The van der Waals surface area contributed by atoms with Crippen molar-refractivity contribution < 1.29 is 14.3 Å². The molecule has 0 saturated carbocycles. The van der Waals surface area contributed by atoms with Gasteiger partial charge in [0.05, 0.1) is 14.2 Å². The molecule has 4 heteroatoms. The van der Waals surface area contributed by atoms with Crippen molar-refractivity contribution in [3.05, 3.63) is 83.8 Å². The van der Waals surface area contributed by atoms with Gasteiger partial charge in [0.2, 0.25) is 0 Å². The minimum Gasteiger partial charge on any atom is -0.500 e. The topological polar surface area (TPSA) is 35.5 Å². The third-order valence-electron chi connectivity index (χ3n) is 4.95. The molecular formula is C21H19O3P. The maximum atomic E-state index is 12.1. The Bertz CT molecular complexity index is 859. The summed E-state index contributed by atoms with van der Waals surface area (Å²) in [6.07, 6.45) is 4.05. The standard InChI is InChI=1S/C21H19O3P/c1-23-19-12-15(22)13-20(24-2)21(19)14-25(16-8-4-3-5-9-16)18-11-7-6-10-17(18)21/h3-13H,14H2,1-2H3/t25-/m0/s1. The Morgan fingerprint density at radius 1 is 0.880 bits per heavy atom. The molecule has 0 amide bonds. The number of rotatable bonds is 3. The second-order valence-electron chi connectivity index (χ2n) is 6.17. The summed E-state index contributed by atoms with van der Waals surface area (Å²) in [5.41, 5.74) is 0.661. The van der Waals surface area contributed by atoms with E-state index in [-0.39, 0.29) is 5.78 Å². The van der Waals surface area contributed by atoms with Crippen LogP contribution in [0, 0.1) is 0 Å². The quantitative estimate of drug-likeness (QED) is 0.799. The van der Waals surface area contributed by atoms with Crippen molar-refractivity contribution in [2.24, 2.45) is 0 Å². The number of carbonyl (C=O) groups excluding carboxylic acids is 1. The molecule has 2 aliphatic rings. The molecular weight excluding hydrogens is 331 g/mol. The van der Waals surface area contributed by atoms with E-state index < -0.39 is 13.3 Å². The van der Waals surface area contributed by atoms with Crippen LogP contribution in [0.1, 0.15) is 5.56 Å². The molecule has 1 atom stereocenters. The predicted octanol–water partition coefficient (Wildman–Crippen LogP) is 3.01. The number of benzene rings is 2.